The van der Waals surface area contributed by atoms with Crippen molar-refractivity contribution < 1.29 is 9.53 Å². The van der Waals surface area contributed by atoms with Gasteiger partial charge in [0.05, 0.1) is 0 Å². The van der Waals surface area contributed by atoms with Gasteiger partial charge in [0.1, 0.15) is 6.10 Å². The molecular formula is C30H50O2. The number of rotatable bonds is 6. The van der Waals surface area contributed by atoms with Crippen LogP contribution in [0.1, 0.15) is 106 Å². The predicted octanol–water partition coefficient (Wildman–Crippen LogP) is 8.06. The number of ether oxygens (including phenoxy) is 1. The van der Waals surface area contributed by atoms with Crippen LogP contribution in [-0.4, -0.2) is 12.1 Å². The van der Waals surface area contributed by atoms with Crippen molar-refractivity contribution in [3.8, 4) is 0 Å². The molecule has 3 fully saturated rings. The van der Waals surface area contributed by atoms with Gasteiger partial charge in [-0.25, -0.2) is 0 Å². The highest BCUT2D eigenvalue weighted by Gasteiger charge is 2.59. The van der Waals surface area contributed by atoms with E-state index in [-0.39, 0.29) is 12.1 Å². The van der Waals surface area contributed by atoms with Crippen molar-refractivity contribution in [1.82, 2.24) is 0 Å². The van der Waals surface area contributed by atoms with Gasteiger partial charge in [0.15, 0.2) is 0 Å². The zero-order valence-electron chi connectivity index (χ0n) is 22.0. The van der Waals surface area contributed by atoms with Crippen molar-refractivity contribution >= 4 is 5.97 Å². The van der Waals surface area contributed by atoms with Crippen molar-refractivity contribution in [2.24, 2.45) is 58.2 Å². The molecule has 4 rings (SSSR count). The first-order valence-corrected chi connectivity index (χ1v) is 13.9. The Kier molecular flexibility index (Phi) is 6.92. The van der Waals surface area contributed by atoms with E-state index >= 15 is 0 Å². The third kappa shape index (κ3) is 4.22. The van der Waals surface area contributed by atoms with Gasteiger partial charge in [0.25, 0.3) is 0 Å². The van der Waals surface area contributed by atoms with Crippen LogP contribution in [0, 0.1) is 58.2 Å². The molecular weight excluding hydrogens is 392 g/mol. The average Bonchev–Trinajstić information content (AvgIpc) is 3.08. The van der Waals surface area contributed by atoms with E-state index in [9.17, 15) is 4.79 Å². The van der Waals surface area contributed by atoms with Gasteiger partial charge in [-0.3, -0.25) is 4.79 Å². The summed E-state index contributed by atoms with van der Waals surface area (Å²) in [6.45, 7) is 16.6. The molecule has 10 atom stereocenters. The zero-order chi connectivity index (χ0) is 23.3. The molecule has 0 bridgehead atoms. The lowest BCUT2D eigenvalue weighted by Crippen LogP contribution is -2.52. The summed E-state index contributed by atoms with van der Waals surface area (Å²) < 4.78 is 5.63. The summed E-state index contributed by atoms with van der Waals surface area (Å²) in [4.78, 5) is 11.5. The second kappa shape index (κ2) is 9.10. The second-order valence-electron chi connectivity index (χ2n) is 13.3. The van der Waals surface area contributed by atoms with Gasteiger partial charge in [-0.1, -0.05) is 66.5 Å². The highest BCUT2D eigenvalue weighted by Crippen LogP contribution is 2.67. The Labute approximate surface area is 198 Å². The molecule has 4 aliphatic carbocycles. The number of allylic oxidation sites excluding steroid dienone is 2. The van der Waals surface area contributed by atoms with E-state index in [4.69, 9.17) is 4.74 Å². The third-order valence-electron chi connectivity index (χ3n) is 11.4. The van der Waals surface area contributed by atoms with Gasteiger partial charge in [0, 0.05) is 6.92 Å². The van der Waals surface area contributed by atoms with Crippen LogP contribution < -0.4 is 0 Å². The fourth-order valence-corrected chi connectivity index (χ4v) is 8.96. The van der Waals surface area contributed by atoms with Gasteiger partial charge in [-0.2, -0.15) is 0 Å². The second-order valence-corrected chi connectivity index (χ2v) is 13.3. The van der Waals surface area contributed by atoms with Crippen molar-refractivity contribution in [2.45, 2.75) is 112 Å². The van der Waals surface area contributed by atoms with E-state index in [1.54, 1.807) is 6.92 Å². The fraction of sp³-hybridized carbons (Fsp3) is 0.900. The van der Waals surface area contributed by atoms with Gasteiger partial charge in [0.2, 0.25) is 0 Å². The Morgan fingerprint density at radius 1 is 0.938 bits per heavy atom. The summed E-state index contributed by atoms with van der Waals surface area (Å²) in [5.41, 5.74) is 0.928. The Hall–Kier alpha value is -0.790. The summed E-state index contributed by atoms with van der Waals surface area (Å²) >= 11 is 0. The van der Waals surface area contributed by atoms with Crippen LogP contribution in [-0.2, 0) is 9.53 Å². The molecule has 2 nitrogen and oxygen atoms in total. The zero-order valence-corrected chi connectivity index (χ0v) is 22.0. The Morgan fingerprint density at radius 2 is 1.62 bits per heavy atom. The van der Waals surface area contributed by atoms with Crippen molar-refractivity contribution in [2.75, 3.05) is 0 Å². The monoisotopic (exact) mass is 442 g/mol. The smallest absolute Gasteiger partial charge is 0.302 e. The molecule has 3 saturated carbocycles. The van der Waals surface area contributed by atoms with Gasteiger partial charge < -0.3 is 4.74 Å². The van der Waals surface area contributed by atoms with Gasteiger partial charge in [-0.05, 0) is 103 Å². The third-order valence-corrected chi connectivity index (χ3v) is 11.4. The first-order valence-electron chi connectivity index (χ1n) is 13.9. The molecule has 182 valence electrons. The van der Waals surface area contributed by atoms with Gasteiger partial charge in [-0.15, -0.1) is 0 Å². The Balaban J connectivity index is 1.47. The van der Waals surface area contributed by atoms with Crippen molar-refractivity contribution in [3.63, 3.8) is 0 Å². The minimum atomic E-state index is -0.112. The Bertz CT molecular complexity index is 710. The molecule has 0 saturated heterocycles. The molecule has 0 spiro atoms. The number of carbonyl (C=O) groups is 1. The van der Waals surface area contributed by atoms with E-state index in [1.165, 1.54) is 44.9 Å². The van der Waals surface area contributed by atoms with Gasteiger partial charge >= 0.3 is 5.97 Å². The number of hydrogen-bond acceptors (Lipinski definition) is 2. The summed E-state index contributed by atoms with van der Waals surface area (Å²) in [5, 5.41) is 0. The summed E-state index contributed by atoms with van der Waals surface area (Å²) in [7, 11) is 0. The molecule has 2 heteroatoms. The van der Waals surface area contributed by atoms with Crippen molar-refractivity contribution in [3.05, 3.63) is 12.2 Å². The number of fused-ring (bicyclic) bond motifs is 5. The largest absolute Gasteiger partial charge is 0.463 e. The van der Waals surface area contributed by atoms with E-state index in [2.05, 4.69) is 53.7 Å². The molecule has 0 aromatic heterocycles. The summed E-state index contributed by atoms with van der Waals surface area (Å²) in [6, 6.07) is 0. The van der Waals surface area contributed by atoms with Crippen LogP contribution >= 0.6 is 0 Å². The maximum absolute atomic E-state index is 11.5. The minimum Gasteiger partial charge on any atom is -0.463 e. The SMILES string of the molecule is CC(=O)O[C@@H]1CC[C@]2(C)[C@@H]3CC[C@]4(C)[C@H](CC[C@H]4[C@H](C)CC[C@H](C)C(C)C)[C@@H]3C=C[C@H]2C1. The molecule has 32 heavy (non-hydrogen) atoms. The van der Waals surface area contributed by atoms with Crippen LogP contribution in [0.5, 0.6) is 0 Å². The van der Waals surface area contributed by atoms with E-state index in [0.717, 1.165) is 54.3 Å². The van der Waals surface area contributed by atoms with Crippen molar-refractivity contribution in [1.29, 1.82) is 0 Å². The molecule has 0 aromatic rings. The van der Waals surface area contributed by atoms with E-state index < -0.39 is 0 Å². The molecule has 0 N–H and O–H groups in total. The molecule has 0 amide bonds. The minimum absolute atomic E-state index is 0.112. The first kappa shape index (κ1) is 24.3. The highest BCUT2D eigenvalue weighted by atomic mass is 16.5. The lowest BCUT2D eigenvalue weighted by molar-refractivity contribution is -0.153. The van der Waals surface area contributed by atoms with E-state index in [0.29, 0.717) is 16.7 Å². The maximum Gasteiger partial charge on any atom is 0.302 e. The summed E-state index contributed by atoms with van der Waals surface area (Å²) in [5.74, 6) is 6.36. The average molecular weight is 443 g/mol. The number of carbonyl (C=O) groups excluding carboxylic acids is 1. The number of hydrogen-bond donors (Lipinski definition) is 0. The molecule has 0 radical (unpaired) electrons. The lowest BCUT2D eigenvalue weighted by atomic mass is 9.46. The van der Waals surface area contributed by atoms with Crippen LogP contribution in [0.25, 0.3) is 0 Å². The molecule has 0 heterocycles. The number of esters is 1. The van der Waals surface area contributed by atoms with Crippen LogP contribution in [0.4, 0.5) is 0 Å². The predicted molar refractivity (Wildman–Crippen MR) is 133 cm³/mol. The van der Waals surface area contributed by atoms with E-state index in [1.807, 2.05) is 0 Å². The Morgan fingerprint density at radius 3 is 2.31 bits per heavy atom. The molecule has 0 aromatic carbocycles. The first-order chi connectivity index (χ1) is 15.1. The van der Waals surface area contributed by atoms with Crippen LogP contribution in [0.15, 0.2) is 12.2 Å². The quantitative estimate of drug-likeness (QED) is 0.307. The maximum atomic E-state index is 11.5. The topological polar surface area (TPSA) is 26.3 Å². The van der Waals surface area contributed by atoms with Crippen LogP contribution in [0.3, 0.4) is 0 Å². The standard InChI is InChI=1S/C30H50O2/c1-19(2)20(3)8-9-21(4)26-12-13-27-25-11-10-23-18-24(32-22(5)31)14-16-29(23,6)28(25)15-17-30(26,27)7/h10-11,19-21,23-28H,8-9,12-18H2,1-7H3/t20-,21+,23-,24+,25-,26-,27+,28+,29-,30-/m0/s1. The lowest BCUT2D eigenvalue weighted by Gasteiger charge is -2.59. The molecule has 4 aliphatic rings. The molecule has 0 aliphatic heterocycles. The highest BCUT2D eigenvalue weighted by molar-refractivity contribution is 5.66. The summed E-state index contributed by atoms with van der Waals surface area (Å²) in [6.07, 6.45) is 17.2. The fourth-order valence-electron chi connectivity index (χ4n) is 8.96. The normalized spacial score (nSPS) is 45.0. The van der Waals surface area contributed by atoms with Crippen LogP contribution in [0.2, 0.25) is 0 Å². The molecule has 0 unspecified atom stereocenters.